The minimum absolute atomic E-state index is 0. The van der Waals surface area contributed by atoms with Crippen LogP contribution in [0.15, 0.2) is 21.9 Å². The zero-order valence-electron chi connectivity index (χ0n) is 12.9. The lowest BCUT2D eigenvalue weighted by molar-refractivity contribution is 0.0953. The van der Waals surface area contributed by atoms with Crippen molar-refractivity contribution < 1.29 is 9.53 Å². The molecule has 0 unspecified atom stereocenters. The number of hydrogen-bond donors (Lipinski definition) is 4. The predicted octanol–water partition coefficient (Wildman–Crippen LogP) is -0.579. The summed E-state index contributed by atoms with van der Waals surface area (Å²) in [5.74, 6) is -0.339. The SMILES string of the molecule is COCCNCCNC(=O)c1cnc2[nH]c(=O)[nH]c(=O)c2c1.Cl.Cl. The lowest BCUT2D eigenvalue weighted by atomic mass is 10.2. The lowest BCUT2D eigenvalue weighted by Gasteiger charge is -2.06. The highest BCUT2D eigenvalue weighted by Gasteiger charge is 2.09. The van der Waals surface area contributed by atoms with Crippen molar-refractivity contribution in [2.45, 2.75) is 0 Å². The van der Waals surface area contributed by atoms with Crippen LogP contribution in [0.4, 0.5) is 0 Å². The highest BCUT2D eigenvalue weighted by Crippen LogP contribution is 2.04. The van der Waals surface area contributed by atoms with Crippen molar-refractivity contribution in [2.75, 3.05) is 33.4 Å². The molecule has 4 N–H and O–H groups in total. The molecule has 0 spiro atoms. The van der Waals surface area contributed by atoms with Crippen LogP contribution in [0.2, 0.25) is 0 Å². The fraction of sp³-hybridized carbons (Fsp3) is 0.385. The van der Waals surface area contributed by atoms with E-state index in [0.29, 0.717) is 26.2 Å². The van der Waals surface area contributed by atoms with Gasteiger partial charge in [-0.05, 0) is 6.07 Å². The number of hydrogen-bond acceptors (Lipinski definition) is 6. The molecule has 2 heterocycles. The minimum atomic E-state index is -0.635. The normalized spacial score (nSPS) is 9.88. The number of nitrogens with one attached hydrogen (secondary N) is 4. The average Bonchev–Trinajstić information content (AvgIpc) is 2.50. The fourth-order valence-electron chi connectivity index (χ4n) is 1.84. The van der Waals surface area contributed by atoms with Crippen LogP contribution >= 0.6 is 24.8 Å². The number of aromatic nitrogens is 3. The second-order valence-electron chi connectivity index (χ2n) is 4.53. The number of carbonyl (C=O) groups excluding carboxylic acids is 1. The van der Waals surface area contributed by atoms with Gasteiger partial charge in [-0.2, -0.15) is 0 Å². The molecule has 24 heavy (non-hydrogen) atoms. The van der Waals surface area contributed by atoms with E-state index in [9.17, 15) is 14.4 Å². The molecule has 2 rings (SSSR count). The van der Waals surface area contributed by atoms with Crippen LogP contribution in [-0.2, 0) is 4.74 Å². The highest BCUT2D eigenvalue weighted by molar-refractivity contribution is 5.96. The minimum Gasteiger partial charge on any atom is -0.383 e. The number of amides is 1. The van der Waals surface area contributed by atoms with Gasteiger partial charge in [-0.1, -0.05) is 0 Å². The molecule has 0 atom stereocenters. The number of fused-ring (bicyclic) bond motifs is 1. The number of H-pyrrole nitrogens is 2. The lowest BCUT2D eigenvalue weighted by Crippen LogP contribution is -2.33. The molecule has 134 valence electrons. The van der Waals surface area contributed by atoms with Gasteiger partial charge in [0.05, 0.1) is 17.6 Å². The van der Waals surface area contributed by atoms with Crippen molar-refractivity contribution >= 4 is 41.8 Å². The van der Waals surface area contributed by atoms with Crippen LogP contribution in [0.5, 0.6) is 0 Å². The molecular weight excluding hydrogens is 361 g/mol. The molecule has 0 aliphatic rings. The Morgan fingerprint density at radius 3 is 2.67 bits per heavy atom. The first-order valence-electron chi connectivity index (χ1n) is 6.72. The molecule has 0 aromatic carbocycles. The van der Waals surface area contributed by atoms with Gasteiger partial charge in [0.25, 0.3) is 11.5 Å². The number of aromatic amines is 2. The molecule has 0 radical (unpaired) electrons. The second-order valence-corrected chi connectivity index (χ2v) is 4.53. The number of ether oxygens (including phenoxy) is 1. The first-order valence-corrected chi connectivity index (χ1v) is 6.72. The van der Waals surface area contributed by atoms with Crippen molar-refractivity contribution in [2.24, 2.45) is 0 Å². The van der Waals surface area contributed by atoms with Crippen molar-refractivity contribution in [1.29, 1.82) is 0 Å². The van der Waals surface area contributed by atoms with Gasteiger partial charge in [0.15, 0.2) is 0 Å². The number of rotatable bonds is 7. The van der Waals surface area contributed by atoms with Gasteiger partial charge in [-0.25, -0.2) is 9.78 Å². The van der Waals surface area contributed by atoms with E-state index in [1.165, 1.54) is 12.3 Å². The summed E-state index contributed by atoms with van der Waals surface area (Å²) in [6, 6.07) is 1.39. The smallest absolute Gasteiger partial charge is 0.327 e. The first-order chi connectivity index (χ1) is 10.6. The van der Waals surface area contributed by atoms with Crippen molar-refractivity contribution in [1.82, 2.24) is 25.6 Å². The Hall–Kier alpha value is -1.94. The van der Waals surface area contributed by atoms with E-state index in [0.717, 1.165) is 0 Å². The maximum absolute atomic E-state index is 12.0. The van der Waals surface area contributed by atoms with Gasteiger partial charge in [0, 0.05) is 32.9 Å². The van der Waals surface area contributed by atoms with E-state index in [-0.39, 0.29) is 47.3 Å². The molecule has 0 saturated heterocycles. The molecule has 2 aromatic rings. The second kappa shape index (κ2) is 10.8. The van der Waals surface area contributed by atoms with E-state index in [1.807, 2.05) is 0 Å². The molecule has 1 amide bonds. The predicted molar refractivity (Wildman–Crippen MR) is 94.6 cm³/mol. The maximum Gasteiger partial charge on any atom is 0.327 e. The van der Waals surface area contributed by atoms with Crippen LogP contribution in [-0.4, -0.2) is 54.2 Å². The molecule has 0 saturated carbocycles. The summed E-state index contributed by atoms with van der Waals surface area (Å²) in [5, 5.41) is 5.95. The Bertz CT molecular complexity index is 777. The first kappa shape index (κ1) is 22.1. The van der Waals surface area contributed by atoms with E-state index in [4.69, 9.17) is 4.74 Å². The quantitative estimate of drug-likeness (QED) is 0.476. The molecule has 11 heteroatoms. The zero-order valence-corrected chi connectivity index (χ0v) is 14.5. The Balaban J connectivity index is 0.00000264. The van der Waals surface area contributed by atoms with Gasteiger partial charge in [0.1, 0.15) is 5.65 Å². The Kier molecular flexibility index (Phi) is 9.89. The van der Waals surface area contributed by atoms with Crippen LogP contribution in [0, 0.1) is 0 Å². The standard InChI is InChI=1S/C13H17N5O4.2ClH/c1-22-5-4-14-2-3-15-11(19)8-6-9-10(16-7-8)17-13(21)18-12(9)20;;/h6-7,14H,2-5H2,1H3,(H,15,19)(H2,16,17,18,20,21);2*1H. The van der Waals surface area contributed by atoms with Crippen LogP contribution in [0.25, 0.3) is 11.0 Å². The molecule has 0 bridgehead atoms. The van der Waals surface area contributed by atoms with Gasteiger partial charge in [-0.3, -0.25) is 19.6 Å². The van der Waals surface area contributed by atoms with Crippen molar-refractivity contribution in [3.63, 3.8) is 0 Å². The third-order valence-corrected chi connectivity index (χ3v) is 2.92. The zero-order chi connectivity index (χ0) is 15.9. The summed E-state index contributed by atoms with van der Waals surface area (Å²) in [5.41, 5.74) is -0.820. The summed E-state index contributed by atoms with van der Waals surface area (Å²) >= 11 is 0. The van der Waals surface area contributed by atoms with Gasteiger partial charge < -0.3 is 15.4 Å². The van der Waals surface area contributed by atoms with Crippen LogP contribution in [0.3, 0.4) is 0 Å². The van der Waals surface area contributed by atoms with Crippen LogP contribution in [0.1, 0.15) is 10.4 Å². The largest absolute Gasteiger partial charge is 0.383 e. The van der Waals surface area contributed by atoms with E-state index < -0.39 is 11.2 Å². The monoisotopic (exact) mass is 379 g/mol. The highest BCUT2D eigenvalue weighted by atomic mass is 35.5. The molecule has 0 aliphatic heterocycles. The molecular formula is C13H19Cl2N5O4. The van der Waals surface area contributed by atoms with Crippen molar-refractivity contribution in [3.8, 4) is 0 Å². The molecule has 9 nitrogen and oxygen atoms in total. The maximum atomic E-state index is 12.0. The van der Waals surface area contributed by atoms with Gasteiger partial charge >= 0.3 is 5.69 Å². The topological polar surface area (TPSA) is 129 Å². The fourth-order valence-corrected chi connectivity index (χ4v) is 1.84. The Morgan fingerprint density at radius 2 is 1.96 bits per heavy atom. The van der Waals surface area contributed by atoms with Gasteiger partial charge in [-0.15, -0.1) is 24.8 Å². The summed E-state index contributed by atoms with van der Waals surface area (Å²) in [7, 11) is 1.62. The third kappa shape index (κ3) is 5.93. The summed E-state index contributed by atoms with van der Waals surface area (Å²) in [6.07, 6.45) is 1.31. The van der Waals surface area contributed by atoms with E-state index >= 15 is 0 Å². The number of methoxy groups -OCH3 is 1. The number of pyridine rings is 1. The number of carbonyl (C=O) groups is 1. The Morgan fingerprint density at radius 1 is 1.21 bits per heavy atom. The third-order valence-electron chi connectivity index (χ3n) is 2.92. The summed E-state index contributed by atoms with van der Waals surface area (Å²) in [6.45, 7) is 2.34. The molecule has 0 fully saturated rings. The van der Waals surface area contributed by atoms with E-state index in [2.05, 4.69) is 25.6 Å². The number of nitrogens with zero attached hydrogens (tertiary/aromatic N) is 1. The molecule has 0 aliphatic carbocycles. The van der Waals surface area contributed by atoms with Crippen molar-refractivity contribution in [3.05, 3.63) is 38.7 Å². The van der Waals surface area contributed by atoms with E-state index in [1.54, 1.807) is 7.11 Å². The summed E-state index contributed by atoms with van der Waals surface area (Å²) in [4.78, 5) is 43.2. The average molecular weight is 380 g/mol. The molecule has 2 aromatic heterocycles. The summed E-state index contributed by atoms with van der Waals surface area (Å²) < 4.78 is 4.88. The van der Waals surface area contributed by atoms with Crippen LogP contribution < -0.4 is 21.9 Å². The number of halogens is 2. The Labute approximate surface area is 149 Å². The van der Waals surface area contributed by atoms with Gasteiger partial charge in [0.2, 0.25) is 0 Å².